The molecule has 0 atom stereocenters. The van der Waals surface area contributed by atoms with Crippen LogP contribution in [-0.4, -0.2) is 44.0 Å². The summed E-state index contributed by atoms with van der Waals surface area (Å²) in [5.74, 6) is -0.969. The first kappa shape index (κ1) is 16.8. The molecule has 5 nitrogen and oxygen atoms in total. The lowest BCUT2D eigenvalue weighted by molar-refractivity contribution is -0.137. The molecule has 0 unspecified atom stereocenters. The summed E-state index contributed by atoms with van der Waals surface area (Å²) in [5, 5.41) is 2.30. The minimum Gasteiger partial charge on any atom is -0.484 e. The number of ether oxygens (including phenoxy) is 1. The van der Waals surface area contributed by atoms with Crippen LogP contribution in [0.4, 0.5) is 13.2 Å². The number of nitrogens with zero attached hydrogens (tertiary/aromatic N) is 1. The molecule has 0 aliphatic heterocycles. The van der Waals surface area contributed by atoms with Gasteiger partial charge in [0.2, 0.25) is 5.91 Å². The highest BCUT2D eigenvalue weighted by atomic mass is 19.4. The number of carbonyl (C=O) groups is 2. The van der Waals surface area contributed by atoms with Gasteiger partial charge in [-0.15, -0.1) is 0 Å². The number of hydrogen-bond donors (Lipinski definition) is 1. The van der Waals surface area contributed by atoms with Crippen LogP contribution in [0.25, 0.3) is 0 Å². The molecule has 1 aromatic carbocycles. The molecule has 0 aromatic heterocycles. The Balaban J connectivity index is 2.48. The maximum atomic E-state index is 12.5. The molecule has 8 heteroatoms. The molecule has 1 rings (SSSR count). The molecule has 116 valence electrons. The van der Waals surface area contributed by atoms with Crippen molar-refractivity contribution in [1.82, 2.24) is 10.2 Å². The third-order valence-corrected chi connectivity index (χ3v) is 2.47. The van der Waals surface area contributed by atoms with Crippen molar-refractivity contribution in [3.8, 4) is 5.75 Å². The Morgan fingerprint density at radius 3 is 2.52 bits per heavy atom. The van der Waals surface area contributed by atoms with Gasteiger partial charge in [0.25, 0.3) is 5.91 Å². The summed E-state index contributed by atoms with van der Waals surface area (Å²) in [6.07, 6.45) is -4.47. The number of alkyl halides is 3. The van der Waals surface area contributed by atoms with Crippen LogP contribution in [0, 0.1) is 0 Å². The van der Waals surface area contributed by atoms with Crippen molar-refractivity contribution >= 4 is 11.8 Å². The molecule has 0 fully saturated rings. The molecule has 2 amide bonds. The second kappa shape index (κ2) is 6.96. The van der Waals surface area contributed by atoms with Crippen molar-refractivity contribution in [2.24, 2.45) is 0 Å². The Morgan fingerprint density at radius 2 is 1.95 bits per heavy atom. The Kier molecular flexibility index (Phi) is 5.57. The average Bonchev–Trinajstić information content (AvgIpc) is 2.41. The van der Waals surface area contributed by atoms with Crippen molar-refractivity contribution in [2.75, 3.05) is 27.2 Å². The Bertz CT molecular complexity index is 516. The van der Waals surface area contributed by atoms with Crippen LogP contribution < -0.4 is 10.1 Å². The lowest BCUT2D eigenvalue weighted by Gasteiger charge is -2.12. The summed E-state index contributed by atoms with van der Waals surface area (Å²) in [5.41, 5.74) is -0.858. The van der Waals surface area contributed by atoms with E-state index in [9.17, 15) is 22.8 Å². The number of rotatable bonds is 5. The quantitative estimate of drug-likeness (QED) is 0.892. The number of benzene rings is 1. The van der Waals surface area contributed by atoms with Gasteiger partial charge in [-0.05, 0) is 18.2 Å². The minimum absolute atomic E-state index is 0.0705. The number of likely N-dealkylation sites (N-methyl/N-ethyl adjacent to an activating group) is 1. The Labute approximate surface area is 119 Å². The maximum absolute atomic E-state index is 12.5. The lowest BCUT2D eigenvalue weighted by Crippen LogP contribution is -2.38. The molecule has 1 aromatic rings. The smallest absolute Gasteiger partial charge is 0.416 e. The summed E-state index contributed by atoms with van der Waals surface area (Å²) < 4.78 is 42.4. The van der Waals surface area contributed by atoms with Crippen molar-refractivity contribution in [1.29, 1.82) is 0 Å². The third-order valence-electron chi connectivity index (χ3n) is 2.47. The molecular formula is C13H15F3N2O3. The number of nitrogens with one attached hydrogen (secondary N) is 1. The summed E-state index contributed by atoms with van der Waals surface area (Å²) in [4.78, 5) is 23.9. The molecular weight excluding hydrogens is 289 g/mol. The number of hydrogen-bond acceptors (Lipinski definition) is 3. The normalized spacial score (nSPS) is 10.9. The summed E-state index contributed by atoms with van der Waals surface area (Å²) >= 11 is 0. The Morgan fingerprint density at radius 1 is 1.29 bits per heavy atom. The van der Waals surface area contributed by atoms with Crippen molar-refractivity contribution in [3.63, 3.8) is 0 Å². The molecule has 21 heavy (non-hydrogen) atoms. The van der Waals surface area contributed by atoms with Gasteiger partial charge in [0.15, 0.2) is 6.61 Å². The number of halogens is 3. The fourth-order valence-electron chi connectivity index (χ4n) is 1.29. The molecule has 0 radical (unpaired) electrons. The van der Waals surface area contributed by atoms with E-state index in [1.165, 1.54) is 31.1 Å². The van der Waals surface area contributed by atoms with Gasteiger partial charge in [-0.3, -0.25) is 9.59 Å². The van der Waals surface area contributed by atoms with Gasteiger partial charge < -0.3 is 15.0 Å². The van der Waals surface area contributed by atoms with Crippen molar-refractivity contribution < 1.29 is 27.5 Å². The van der Waals surface area contributed by atoms with Crippen LogP contribution in [0.3, 0.4) is 0 Å². The molecule has 0 aliphatic carbocycles. The highest BCUT2D eigenvalue weighted by Crippen LogP contribution is 2.31. The highest BCUT2D eigenvalue weighted by Gasteiger charge is 2.30. The lowest BCUT2D eigenvalue weighted by atomic mass is 10.2. The van der Waals surface area contributed by atoms with Gasteiger partial charge in [-0.2, -0.15) is 13.2 Å². The largest absolute Gasteiger partial charge is 0.484 e. The van der Waals surface area contributed by atoms with Crippen LogP contribution in [0.15, 0.2) is 24.3 Å². The van der Waals surface area contributed by atoms with Crippen molar-refractivity contribution in [3.05, 3.63) is 29.8 Å². The average molecular weight is 304 g/mol. The molecule has 0 saturated heterocycles. The van der Waals surface area contributed by atoms with Crippen LogP contribution in [0.1, 0.15) is 5.56 Å². The van der Waals surface area contributed by atoms with Gasteiger partial charge in [-0.1, -0.05) is 6.07 Å². The first-order chi connectivity index (χ1) is 9.70. The van der Waals surface area contributed by atoms with Crippen molar-refractivity contribution in [2.45, 2.75) is 6.18 Å². The van der Waals surface area contributed by atoms with Gasteiger partial charge >= 0.3 is 6.18 Å². The van der Waals surface area contributed by atoms with E-state index >= 15 is 0 Å². The van der Waals surface area contributed by atoms with E-state index in [4.69, 9.17) is 4.74 Å². The van der Waals surface area contributed by atoms with Crippen LogP contribution in [0.2, 0.25) is 0 Å². The first-order valence-corrected chi connectivity index (χ1v) is 5.97. The highest BCUT2D eigenvalue weighted by molar-refractivity contribution is 5.85. The molecule has 0 spiro atoms. The second-order valence-electron chi connectivity index (χ2n) is 4.38. The summed E-state index contributed by atoms with van der Waals surface area (Å²) in [6, 6.07) is 4.21. The van der Waals surface area contributed by atoms with E-state index in [2.05, 4.69) is 5.32 Å². The SMILES string of the molecule is CN(C)C(=O)CNC(=O)COc1cccc(C(F)(F)F)c1. The molecule has 0 saturated carbocycles. The van der Waals surface area contributed by atoms with E-state index < -0.39 is 24.3 Å². The molecule has 0 heterocycles. The zero-order chi connectivity index (χ0) is 16.0. The van der Waals surface area contributed by atoms with Gasteiger partial charge in [0, 0.05) is 14.1 Å². The first-order valence-electron chi connectivity index (χ1n) is 5.97. The third kappa shape index (κ3) is 5.72. The standard InChI is InChI=1S/C13H15F3N2O3/c1-18(2)12(20)7-17-11(19)8-21-10-5-3-4-9(6-10)13(14,15)16/h3-6H,7-8H2,1-2H3,(H,17,19). The number of amides is 2. The van der Waals surface area contributed by atoms with Gasteiger partial charge in [0.05, 0.1) is 12.1 Å². The van der Waals surface area contributed by atoms with E-state index in [1.807, 2.05) is 0 Å². The summed E-state index contributed by atoms with van der Waals surface area (Å²) in [6.45, 7) is -0.667. The molecule has 0 aliphatic rings. The zero-order valence-corrected chi connectivity index (χ0v) is 11.5. The van der Waals surface area contributed by atoms with Crippen LogP contribution in [0.5, 0.6) is 5.75 Å². The summed E-state index contributed by atoms with van der Waals surface area (Å²) in [7, 11) is 3.07. The van der Waals surface area contributed by atoms with Gasteiger partial charge in [-0.25, -0.2) is 0 Å². The van der Waals surface area contributed by atoms with Crippen LogP contribution in [-0.2, 0) is 15.8 Å². The van der Waals surface area contributed by atoms with Gasteiger partial charge in [0.1, 0.15) is 5.75 Å². The second-order valence-corrected chi connectivity index (χ2v) is 4.38. The topological polar surface area (TPSA) is 58.6 Å². The fourth-order valence-corrected chi connectivity index (χ4v) is 1.29. The predicted octanol–water partition coefficient (Wildman–Crippen LogP) is 1.29. The maximum Gasteiger partial charge on any atom is 0.416 e. The van der Waals surface area contributed by atoms with E-state index in [1.54, 1.807) is 0 Å². The monoisotopic (exact) mass is 304 g/mol. The van der Waals surface area contributed by atoms with E-state index in [0.29, 0.717) is 0 Å². The van der Waals surface area contributed by atoms with E-state index in [-0.39, 0.29) is 18.2 Å². The molecule has 1 N–H and O–H groups in total. The molecule has 0 bridgehead atoms. The number of carbonyl (C=O) groups excluding carboxylic acids is 2. The minimum atomic E-state index is -4.47. The fraction of sp³-hybridized carbons (Fsp3) is 0.385. The van der Waals surface area contributed by atoms with Crippen LogP contribution >= 0.6 is 0 Å². The zero-order valence-electron chi connectivity index (χ0n) is 11.5. The van der Waals surface area contributed by atoms with E-state index in [0.717, 1.165) is 12.1 Å². The predicted molar refractivity (Wildman–Crippen MR) is 68.6 cm³/mol. The Hall–Kier alpha value is -2.25.